The monoisotopic (exact) mass is 384 g/mol. The van der Waals surface area contributed by atoms with Crippen LogP contribution in [0.1, 0.15) is 51.7 Å². The zero-order chi connectivity index (χ0) is 18.2. The number of hydrogen-bond donors (Lipinski definition) is 3. The van der Waals surface area contributed by atoms with E-state index in [4.69, 9.17) is 4.74 Å². The number of hydrogen-bond acceptors (Lipinski definition) is 4. The number of piperidine rings is 1. The summed E-state index contributed by atoms with van der Waals surface area (Å²) in [7, 11) is 0. The molecule has 0 aromatic heterocycles. The van der Waals surface area contributed by atoms with Gasteiger partial charge in [0, 0.05) is 13.0 Å². The van der Waals surface area contributed by atoms with E-state index in [1.807, 2.05) is 38.1 Å². The molecule has 148 valence electrons. The van der Waals surface area contributed by atoms with Crippen molar-refractivity contribution >= 4 is 18.3 Å². The van der Waals surface area contributed by atoms with Crippen LogP contribution in [0.3, 0.4) is 0 Å². The van der Waals surface area contributed by atoms with Crippen LogP contribution in [0.25, 0.3) is 0 Å². The Labute approximate surface area is 163 Å². The number of nitrogens with one attached hydrogen (secondary N) is 2. The van der Waals surface area contributed by atoms with Gasteiger partial charge in [0.2, 0.25) is 5.91 Å². The van der Waals surface area contributed by atoms with Crippen molar-refractivity contribution in [2.45, 2.75) is 52.2 Å². The van der Waals surface area contributed by atoms with Crippen molar-refractivity contribution in [2.75, 3.05) is 19.6 Å². The summed E-state index contributed by atoms with van der Waals surface area (Å²) in [6.45, 7) is 8.37. The minimum Gasteiger partial charge on any atom is -0.491 e. The van der Waals surface area contributed by atoms with E-state index >= 15 is 0 Å². The molecule has 3 unspecified atom stereocenters. The lowest BCUT2D eigenvalue weighted by atomic mass is 9.85. The van der Waals surface area contributed by atoms with E-state index in [-0.39, 0.29) is 31.0 Å². The molecule has 26 heavy (non-hydrogen) atoms. The topological polar surface area (TPSA) is 70.6 Å². The van der Waals surface area contributed by atoms with Crippen LogP contribution in [-0.2, 0) is 4.79 Å². The molecule has 1 aliphatic rings. The Morgan fingerprint density at radius 3 is 2.81 bits per heavy atom. The summed E-state index contributed by atoms with van der Waals surface area (Å²) in [5, 5.41) is 16.6. The molecule has 5 nitrogen and oxygen atoms in total. The van der Waals surface area contributed by atoms with Gasteiger partial charge in [0.05, 0.1) is 12.2 Å². The summed E-state index contributed by atoms with van der Waals surface area (Å²) in [6.07, 6.45) is 2.24. The van der Waals surface area contributed by atoms with Crippen LogP contribution in [0, 0.1) is 11.8 Å². The van der Waals surface area contributed by atoms with Gasteiger partial charge in [-0.25, -0.2) is 0 Å². The number of aliphatic hydroxyl groups excluding tert-OH is 1. The van der Waals surface area contributed by atoms with Gasteiger partial charge >= 0.3 is 0 Å². The van der Waals surface area contributed by atoms with Crippen molar-refractivity contribution in [3.63, 3.8) is 0 Å². The molecular formula is C20H33ClN2O3. The predicted molar refractivity (Wildman–Crippen MR) is 107 cm³/mol. The van der Waals surface area contributed by atoms with Gasteiger partial charge in [-0.15, -0.1) is 12.4 Å². The molecule has 3 atom stereocenters. The summed E-state index contributed by atoms with van der Waals surface area (Å²) in [6, 6.07) is 7.40. The number of carbonyl (C=O) groups excluding carboxylic acids is 1. The van der Waals surface area contributed by atoms with Gasteiger partial charge in [-0.3, -0.25) is 4.79 Å². The summed E-state index contributed by atoms with van der Waals surface area (Å²) in [4.78, 5) is 12.2. The van der Waals surface area contributed by atoms with Crippen LogP contribution in [0.4, 0.5) is 0 Å². The maximum Gasteiger partial charge on any atom is 0.220 e. The number of ether oxygens (including phenoxy) is 1. The van der Waals surface area contributed by atoms with Crippen molar-refractivity contribution in [1.29, 1.82) is 0 Å². The van der Waals surface area contributed by atoms with E-state index in [2.05, 4.69) is 17.6 Å². The largest absolute Gasteiger partial charge is 0.491 e. The Hall–Kier alpha value is -1.30. The van der Waals surface area contributed by atoms with Crippen LogP contribution in [0.2, 0.25) is 0 Å². The van der Waals surface area contributed by atoms with Gasteiger partial charge in [0.1, 0.15) is 5.75 Å². The summed E-state index contributed by atoms with van der Waals surface area (Å²) in [5.41, 5.74) is 0.753. The highest BCUT2D eigenvalue weighted by molar-refractivity contribution is 5.85. The molecule has 1 fully saturated rings. The highest BCUT2D eigenvalue weighted by atomic mass is 35.5. The highest BCUT2D eigenvalue weighted by Gasteiger charge is 2.22. The molecule has 0 bridgehead atoms. The van der Waals surface area contributed by atoms with Crippen LogP contribution in [0.5, 0.6) is 5.75 Å². The van der Waals surface area contributed by atoms with Crippen molar-refractivity contribution in [2.24, 2.45) is 11.8 Å². The third-order valence-corrected chi connectivity index (χ3v) is 4.75. The first-order chi connectivity index (χ1) is 12.0. The van der Waals surface area contributed by atoms with Gasteiger partial charge in [-0.2, -0.15) is 0 Å². The zero-order valence-corrected chi connectivity index (χ0v) is 16.8. The standard InChI is InChI=1S/C20H32N2O3.ClH/c1-14(2)25-18-8-4-6-16(11-18)19(23)13-22-20(24)10-15(3)17-7-5-9-21-12-17;/h4,6,8,11,14-15,17,19,21,23H,5,7,9-10,12-13H2,1-3H3,(H,22,24);1H. The van der Waals surface area contributed by atoms with E-state index in [1.165, 1.54) is 12.8 Å². The van der Waals surface area contributed by atoms with E-state index < -0.39 is 6.10 Å². The molecule has 3 N–H and O–H groups in total. The predicted octanol–water partition coefficient (Wildman–Crippen LogP) is 3.07. The number of aliphatic hydroxyl groups is 1. The summed E-state index contributed by atoms with van der Waals surface area (Å²) in [5.74, 6) is 1.66. The summed E-state index contributed by atoms with van der Waals surface area (Å²) >= 11 is 0. The average molecular weight is 385 g/mol. The minimum absolute atomic E-state index is 0. The molecule has 1 saturated heterocycles. The number of amides is 1. The highest BCUT2D eigenvalue weighted by Crippen LogP contribution is 2.23. The van der Waals surface area contributed by atoms with Crippen molar-refractivity contribution in [1.82, 2.24) is 10.6 Å². The molecular weight excluding hydrogens is 352 g/mol. The number of rotatable bonds is 8. The fourth-order valence-electron chi connectivity index (χ4n) is 3.29. The van der Waals surface area contributed by atoms with E-state index in [9.17, 15) is 9.90 Å². The van der Waals surface area contributed by atoms with Crippen molar-refractivity contribution < 1.29 is 14.6 Å². The second kappa shape index (κ2) is 11.4. The molecule has 1 heterocycles. The number of halogens is 1. The lowest BCUT2D eigenvalue weighted by Gasteiger charge is -2.28. The van der Waals surface area contributed by atoms with E-state index in [0.717, 1.165) is 24.4 Å². The van der Waals surface area contributed by atoms with Crippen molar-refractivity contribution in [3.8, 4) is 5.75 Å². The zero-order valence-electron chi connectivity index (χ0n) is 16.0. The smallest absolute Gasteiger partial charge is 0.220 e. The molecule has 0 spiro atoms. The van der Waals surface area contributed by atoms with Gasteiger partial charge in [0.25, 0.3) is 0 Å². The van der Waals surface area contributed by atoms with Crippen LogP contribution in [0.15, 0.2) is 24.3 Å². The van der Waals surface area contributed by atoms with Gasteiger partial charge in [-0.1, -0.05) is 19.1 Å². The normalized spacial score (nSPS) is 19.3. The third-order valence-electron chi connectivity index (χ3n) is 4.75. The average Bonchev–Trinajstić information content (AvgIpc) is 2.60. The Morgan fingerprint density at radius 2 is 2.15 bits per heavy atom. The number of carbonyl (C=O) groups is 1. The van der Waals surface area contributed by atoms with Gasteiger partial charge in [0.15, 0.2) is 0 Å². The lowest BCUT2D eigenvalue weighted by molar-refractivity contribution is -0.122. The molecule has 6 heteroatoms. The maximum atomic E-state index is 12.2. The first-order valence-corrected chi connectivity index (χ1v) is 9.37. The first kappa shape index (κ1) is 22.7. The Balaban J connectivity index is 0.00000338. The van der Waals surface area contributed by atoms with Crippen LogP contribution < -0.4 is 15.4 Å². The first-order valence-electron chi connectivity index (χ1n) is 9.37. The minimum atomic E-state index is -0.730. The molecule has 1 aromatic rings. The van der Waals surface area contributed by atoms with Gasteiger partial charge < -0.3 is 20.5 Å². The lowest BCUT2D eigenvalue weighted by Crippen LogP contribution is -2.36. The van der Waals surface area contributed by atoms with E-state index in [1.54, 1.807) is 0 Å². The fraction of sp³-hybridized carbons (Fsp3) is 0.650. The Bertz CT molecular complexity index is 548. The molecule has 0 aliphatic carbocycles. The Kier molecular flexibility index (Phi) is 9.99. The second-order valence-corrected chi connectivity index (χ2v) is 7.35. The molecule has 1 aromatic carbocycles. The molecule has 2 rings (SSSR count). The fourth-order valence-corrected chi connectivity index (χ4v) is 3.29. The SMILES string of the molecule is CC(C)Oc1cccc(C(O)CNC(=O)CC(C)C2CCCNC2)c1.Cl. The van der Waals surface area contributed by atoms with E-state index in [0.29, 0.717) is 18.3 Å². The molecule has 1 aliphatic heterocycles. The summed E-state index contributed by atoms with van der Waals surface area (Å²) < 4.78 is 5.65. The molecule has 1 amide bonds. The van der Waals surface area contributed by atoms with Crippen LogP contribution in [-0.4, -0.2) is 36.8 Å². The van der Waals surface area contributed by atoms with Crippen LogP contribution >= 0.6 is 12.4 Å². The van der Waals surface area contributed by atoms with Crippen molar-refractivity contribution in [3.05, 3.63) is 29.8 Å². The Morgan fingerprint density at radius 1 is 1.38 bits per heavy atom. The quantitative estimate of drug-likeness (QED) is 0.644. The third kappa shape index (κ3) is 7.52. The number of benzene rings is 1. The molecule has 0 saturated carbocycles. The second-order valence-electron chi connectivity index (χ2n) is 7.35. The van der Waals surface area contributed by atoms with Gasteiger partial charge in [-0.05, 0) is 69.3 Å². The maximum absolute atomic E-state index is 12.2. The molecule has 0 radical (unpaired) electrons.